The van der Waals surface area contributed by atoms with Crippen LogP contribution in [0.1, 0.15) is 12.0 Å². The summed E-state index contributed by atoms with van der Waals surface area (Å²) in [4.78, 5) is 25.8. The topological polar surface area (TPSA) is 55.8 Å². The van der Waals surface area contributed by atoms with E-state index in [0.29, 0.717) is 26.1 Å². The van der Waals surface area contributed by atoms with Gasteiger partial charge in [0.25, 0.3) is 0 Å². The maximum atomic E-state index is 11.8. The van der Waals surface area contributed by atoms with Gasteiger partial charge in [-0.3, -0.25) is 14.5 Å². The first kappa shape index (κ1) is 15.5. The molecule has 114 valence electrons. The van der Waals surface area contributed by atoms with Gasteiger partial charge in [0.05, 0.1) is 26.1 Å². The molecule has 5 nitrogen and oxygen atoms in total. The third kappa shape index (κ3) is 4.04. The maximum absolute atomic E-state index is 11.8. The lowest BCUT2D eigenvalue weighted by molar-refractivity contribution is -0.154. The second kappa shape index (κ2) is 7.22. The molecule has 1 heterocycles. The van der Waals surface area contributed by atoms with Crippen LogP contribution in [0.3, 0.4) is 0 Å². The number of piperidine rings is 1. The molecule has 0 bridgehead atoms. The number of hydrogen-bond donors (Lipinski definition) is 0. The molecule has 5 heteroatoms. The summed E-state index contributed by atoms with van der Waals surface area (Å²) in [6.45, 7) is 1.92. The molecular formula is C16H21NO4. The monoisotopic (exact) mass is 291 g/mol. The fourth-order valence-corrected chi connectivity index (χ4v) is 2.84. The lowest BCUT2D eigenvalue weighted by atomic mass is 9.89. The standard InChI is InChI=1S/C16H21NO4/c1-20-15(18)13-8-14(16(19)21-2)11-17(10-13)9-12-6-4-3-5-7-12/h3-7,13-14H,8-11H2,1-2H3/t13-,14+. The molecule has 1 aliphatic heterocycles. The number of benzene rings is 1. The van der Waals surface area contributed by atoms with Gasteiger partial charge in [-0.15, -0.1) is 0 Å². The van der Waals surface area contributed by atoms with Crippen molar-refractivity contribution < 1.29 is 19.1 Å². The molecule has 0 spiro atoms. The number of esters is 2. The van der Waals surface area contributed by atoms with Crippen molar-refractivity contribution >= 4 is 11.9 Å². The average molecular weight is 291 g/mol. The summed E-state index contributed by atoms with van der Waals surface area (Å²) in [7, 11) is 2.76. The van der Waals surface area contributed by atoms with Gasteiger partial charge in [-0.25, -0.2) is 0 Å². The summed E-state index contributed by atoms with van der Waals surface area (Å²) in [6, 6.07) is 10.0. The Morgan fingerprint density at radius 1 is 1.05 bits per heavy atom. The molecule has 0 N–H and O–H groups in total. The summed E-state index contributed by atoms with van der Waals surface area (Å²) >= 11 is 0. The van der Waals surface area contributed by atoms with Crippen molar-refractivity contribution in [3.05, 3.63) is 35.9 Å². The Hall–Kier alpha value is -1.88. The number of likely N-dealkylation sites (tertiary alicyclic amines) is 1. The number of hydrogen-bond acceptors (Lipinski definition) is 5. The van der Waals surface area contributed by atoms with E-state index in [-0.39, 0.29) is 23.8 Å². The predicted molar refractivity (Wildman–Crippen MR) is 77.3 cm³/mol. The summed E-state index contributed by atoms with van der Waals surface area (Å²) in [5.74, 6) is -1.09. The minimum Gasteiger partial charge on any atom is -0.469 e. The van der Waals surface area contributed by atoms with Crippen molar-refractivity contribution in [2.75, 3.05) is 27.3 Å². The Bertz CT molecular complexity index is 464. The molecule has 1 aliphatic rings. The molecule has 0 aromatic heterocycles. The van der Waals surface area contributed by atoms with Gasteiger partial charge >= 0.3 is 11.9 Å². The average Bonchev–Trinajstić information content (AvgIpc) is 2.53. The van der Waals surface area contributed by atoms with Crippen molar-refractivity contribution in [1.82, 2.24) is 4.90 Å². The van der Waals surface area contributed by atoms with E-state index in [4.69, 9.17) is 9.47 Å². The van der Waals surface area contributed by atoms with E-state index in [9.17, 15) is 9.59 Å². The molecule has 0 unspecified atom stereocenters. The van der Waals surface area contributed by atoms with Crippen molar-refractivity contribution in [3.8, 4) is 0 Å². The number of nitrogens with zero attached hydrogens (tertiary/aromatic N) is 1. The van der Waals surface area contributed by atoms with Crippen LogP contribution in [0.4, 0.5) is 0 Å². The van der Waals surface area contributed by atoms with Crippen LogP contribution in [-0.2, 0) is 25.6 Å². The molecule has 0 aliphatic carbocycles. The van der Waals surface area contributed by atoms with E-state index < -0.39 is 0 Å². The number of ether oxygens (including phenoxy) is 2. The quantitative estimate of drug-likeness (QED) is 0.786. The lowest BCUT2D eigenvalue weighted by Gasteiger charge is -2.35. The van der Waals surface area contributed by atoms with E-state index in [1.165, 1.54) is 14.2 Å². The van der Waals surface area contributed by atoms with Crippen LogP contribution >= 0.6 is 0 Å². The van der Waals surface area contributed by atoms with Crippen molar-refractivity contribution in [3.63, 3.8) is 0 Å². The van der Waals surface area contributed by atoms with E-state index in [1.807, 2.05) is 30.3 Å². The molecule has 21 heavy (non-hydrogen) atoms. The van der Waals surface area contributed by atoms with Gasteiger partial charge in [0, 0.05) is 19.6 Å². The lowest BCUT2D eigenvalue weighted by Crippen LogP contribution is -2.45. The normalized spacial score (nSPS) is 22.6. The Labute approximate surface area is 124 Å². The zero-order chi connectivity index (χ0) is 15.2. The van der Waals surface area contributed by atoms with Crippen LogP contribution in [0.5, 0.6) is 0 Å². The van der Waals surface area contributed by atoms with Crippen LogP contribution in [0.15, 0.2) is 30.3 Å². The first-order valence-corrected chi connectivity index (χ1v) is 7.06. The fraction of sp³-hybridized carbons (Fsp3) is 0.500. The molecule has 2 atom stereocenters. The highest BCUT2D eigenvalue weighted by Crippen LogP contribution is 2.25. The summed E-state index contributed by atoms with van der Waals surface area (Å²) in [5, 5.41) is 0. The zero-order valence-corrected chi connectivity index (χ0v) is 12.5. The first-order chi connectivity index (χ1) is 10.1. The number of carbonyl (C=O) groups excluding carboxylic acids is 2. The van der Waals surface area contributed by atoms with Gasteiger partial charge in [0.1, 0.15) is 0 Å². The molecule has 1 aromatic rings. The minimum atomic E-state index is -0.281. The van der Waals surface area contributed by atoms with E-state index in [1.54, 1.807) is 0 Å². The third-order valence-corrected chi connectivity index (χ3v) is 3.84. The summed E-state index contributed by atoms with van der Waals surface area (Å²) in [5.41, 5.74) is 1.16. The van der Waals surface area contributed by atoms with Crippen LogP contribution in [0.2, 0.25) is 0 Å². The summed E-state index contributed by atoms with van der Waals surface area (Å²) in [6.07, 6.45) is 0.491. The van der Waals surface area contributed by atoms with E-state index >= 15 is 0 Å². The molecule has 1 saturated heterocycles. The number of carbonyl (C=O) groups is 2. The molecule has 0 amide bonds. The smallest absolute Gasteiger partial charge is 0.309 e. The molecule has 1 fully saturated rings. The fourth-order valence-electron chi connectivity index (χ4n) is 2.84. The predicted octanol–water partition coefficient (Wildman–Crippen LogP) is 1.47. The van der Waals surface area contributed by atoms with Crippen LogP contribution in [0.25, 0.3) is 0 Å². The Kier molecular flexibility index (Phi) is 5.33. The van der Waals surface area contributed by atoms with E-state index in [2.05, 4.69) is 4.90 Å². The van der Waals surface area contributed by atoms with Crippen LogP contribution in [0, 0.1) is 11.8 Å². The highest BCUT2D eigenvalue weighted by atomic mass is 16.5. The second-order valence-electron chi connectivity index (χ2n) is 5.36. The van der Waals surface area contributed by atoms with Gasteiger partial charge < -0.3 is 9.47 Å². The molecule has 1 aromatic carbocycles. The van der Waals surface area contributed by atoms with E-state index in [0.717, 1.165) is 5.56 Å². The van der Waals surface area contributed by atoms with Gasteiger partial charge in [0.2, 0.25) is 0 Å². The SMILES string of the molecule is COC(=O)[C@@H]1C[C@H](C(=O)OC)CN(Cc2ccccc2)C1. The minimum absolute atomic E-state index is 0.262. The highest BCUT2D eigenvalue weighted by Gasteiger charge is 2.36. The van der Waals surface area contributed by atoms with Gasteiger partial charge in [-0.2, -0.15) is 0 Å². The highest BCUT2D eigenvalue weighted by molar-refractivity contribution is 5.76. The maximum Gasteiger partial charge on any atom is 0.309 e. The Morgan fingerprint density at radius 2 is 1.57 bits per heavy atom. The van der Waals surface area contributed by atoms with Gasteiger partial charge in [0.15, 0.2) is 0 Å². The first-order valence-electron chi connectivity index (χ1n) is 7.06. The molecular weight excluding hydrogens is 270 g/mol. The Morgan fingerprint density at radius 3 is 2.05 bits per heavy atom. The van der Waals surface area contributed by atoms with Crippen molar-refractivity contribution in [2.24, 2.45) is 11.8 Å². The van der Waals surface area contributed by atoms with Crippen molar-refractivity contribution in [2.45, 2.75) is 13.0 Å². The van der Waals surface area contributed by atoms with Gasteiger partial charge in [-0.05, 0) is 12.0 Å². The molecule has 0 radical (unpaired) electrons. The van der Waals surface area contributed by atoms with Gasteiger partial charge in [-0.1, -0.05) is 30.3 Å². The third-order valence-electron chi connectivity index (χ3n) is 3.84. The number of methoxy groups -OCH3 is 2. The van der Waals surface area contributed by atoms with Crippen LogP contribution < -0.4 is 0 Å². The molecule has 0 saturated carbocycles. The van der Waals surface area contributed by atoms with Crippen molar-refractivity contribution in [1.29, 1.82) is 0 Å². The number of rotatable bonds is 4. The summed E-state index contributed by atoms with van der Waals surface area (Å²) < 4.78 is 9.66. The van der Waals surface area contributed by atoms with Crippen LogP contribution in [-0.4, -0.2) is 44.1 Å². The largest absolute Gasteiger partial charge is 0.469 e. The Balaban J connectivity index is 2.08. The molecule has 2 rings (SSSR count). The zero-order valence-electron chi connectivity index (χ0n) is 12.5. The second-order valence-corrected chi connectivity index (χ2v) is 5.36.